The van der Waals surface area contributed by atoms with Gasteiger partial charge in [0.15, 0.2) is 0 Å². The van der Waals surface area contributed by atoms with Crippen molar-refractivity contribution in [3.63, 3.8) is 0 Å². The van der Waals surface area contributed by atoms with E-state index in [1.165, 1.54) is 0 Å². The first-order valence-corrected chi connectivity index (χ1v) is 3.23. The molecule has 2 nitrogen and oxygen atoms in total. The summed E-state index contributed by atoms with van der Waals surface area (Å²) in [7, 11) is 0. The molecule has 0 aromatic carbocycles. The van der Waals surface area contributed by atoms with Gasteiger partial charge in [-0.15, -0.1) is 19.7 Å². The first kappa shape index (κ1) is 9.40. The summed E-state index contributed by atoms with van der Waals surface area (Å²) in [5.41, 5.74) is 0. The zero-order chi connectivity index (χ0) is 7.82. The number of hydrogen-bond donors (Lipinski definition) is 0. The minimum atomic E-state index is 0.384. The quantitative estimate of drug-likeness (QED) is 0.336. The van der Waals surface area contributed by atoms with Gasteiger partial charge in [0, 0.05) is 0 Å². The molecular formula is C8H14O2. The molecule has 0 N–H and O–H groups in total. The summed E-state index contributed by atoms with van der Waals surface area (Å²) in [5.74, 6) is 0. The molecule has 0 aromatic heterocycles. The predicted molar refractivity (Wildman–Crippen MR) is 42.0 cm³/mol. The molecule has 1 aliphatic heterocycles. The lowest BCUT2D eigenvalue weighted by atomic mass is 10.5. The van der Waals surface area contributed by atoms with E-state index in [4.69, 9.17) is 9.47 Å². The van der Waals surface area contributed by atoms with Crippen molar-refractivity contribution >= 4 is 0 Å². The first-order valence-electron chi connectivity index (χ1n) is 3.23. The molecule has 0 aliphatic carbocycles. The molecule has 0 spiro atoms. The predicted octanol–water partition coefficient (Wildman–Crippen LogP) is 1.39. The fraction of sp³-hybridized carbons (Fsp3) is 0.500. The molecule has 1 rings (SSSR count). The molecule has 0 amide bonds. The van der Waals surface area contributed by atoms with Crippen molar-refractivity contribution in [1.82, 2.24) is 0 Å². The molecule has 1 atom stereocenters. The topological polar surface area (TPSA) is 21.8 Å². The van der Waals surface area contributed by atoms with E-state index in [0.29, 0.717) is 12.7 Å². The van der Waals surface area contributed by atoms with E-state index in [1.807, 2.05) is 0 Å². The summed E-state index contributed by atoms with van der Waals surface area (Å²) in [5, 5.41) is 0. The third kappa shape index (κ3) is 5.54. The minimum absolute atomic E-state index is 0.384. The van der Waals surface area contributed by atoms with Crippen molar-refractivity contribution in [1.29, 1.82) is 0 Å². The van der Waals surface area contributed by atoms with Crippen LogP contribution in [0, 0.1) is 0 Å². The average molecular weight is 142 g/mol. The van der Waals surface area contributed by atoms with E-state index < -0.39 is 0 Å². The third-order valence-corrected chi connectivity index (χ3v) is 0.942. The van der Waals surface area contributed by atoms with Crippen LogP contribution in [0.4, 0.5) is 0 Å². The van der Waals surface area contributed by atoms with Crippen molar-refractivity contribution in [2.24, 2.45) is 0 Å². The molecule has 2 heteroatoms. The fourth-order valence-electron chi connectivity index (χ4n) is 0.447. The van der Waals surface area contributed by atoms with Crippen molar-refractivity contribution in [2.45, 2.75) is 6.10 Å². The lowest BCUT2D eigenvalue weighted by Crippen LogP contribution is -2.00. The van der Waals surface area contributed by atoms with Crippen molar-refractivity contribution in [3.8, 4) is 0 Å². The second-order valence-electron chi connectivity index (χ2n) is 1.78. The van der Waals surface area contributed by atoms with E-state index in [-0.39, 0.29) is 0 Å². The highest BCUT2D eigenvalue weighted by Gasteiger charge is 2.21. The van der Waals surface area contributed by atoms with Gasteiger partial charge >= 0.3 is 0 Å². The van der Waals surface area contributed by atoms with Crippen LogP contribution in [-0.2, 0) is 9.47 Å². The first-order chi connectivity index (χ1) is 4.93. The standard InChI is InChI=1S/C6H10O2.C2H4/c1-2-3-7-4-6-5-8-6;1-2/h2,6H,1,3-5H2;1-2H2. The zero-order valence-electron chi connectivity index (χ0n) is 6.21. The smallest absolute Gasteiger partial charge is 0.104 e. The van der Waals surface area contributed by atoms with Crippen LogP contribution in [-0.4, -0.2) is 25.9 Å². The van der Waals surface area contributed by atoms with E-state index >= 15 is 0 Å². The van der Waals surface area contributed by atoms with Gasteiger partial charge in [-0.05, 0) is 0 Å². The third-order valence-electron chi connectivity index (χ3n) is 0.942. The second kappa shape index (κ2) is 6.52. The normalized spacial score (nSPS) is 20.6. The molecule has 10 heavy (non-hydrogen) atoms. The molecule has 0 saturated carbocycles. The van der Waals surface area contributed by atoms with Crippen molar-refractivity contribution in [3.05, 3.63) is 25.8 Å². The molecule has 58 valence electrons. The molecule has 1 aliphatic rings. The Balaban J connectivity index is 0.000000371. The van der Waals surface area contributed by atoms with Gasteiger partial charge in [-0.2, -0.15) is 0 Å². The summed E-state index contributed by atoms with van der Waals surface area (Å²) in [6.07, 6.45) is 2.12. The molecular weight excluding hydrogens is 128 g/mol. The number of ether oxygens (including phenoxy) is 2. The summed E-state index contributed by atoms with van der Waals surface area (Å²) in [4.78, 5) is 0. The Kier molecular flexibility index (Phi) is 6.13. The summed E-state index contributed by atoms with van der Waals surface area (Å²) in [6, 6.07) is 0. The summed E-state index contributed by atoms with van der Waals surface area (Å²) in [6.45, 7) is 11.8. The van der Waals surface area contributed by atoms with Gasteiger partial charge < -0.3 is 9.47 Å². The maximum Gasteiger partial charge on any atom is 0.104 e. The largest absolute Gasteiger partial charge is 0.375 e. The Morgan fingerprint density at radius 1 is 1.60 bits per heavy atom. The maximum atomic E-state index is 5.06. The van der Waals surface area contributed by atoms with Crippen molar-refractivity contribution < 1.29 is 9.47 Å². The summed E-state index contributed by atoms with van der Waals surface area (Å²) >= 11 is 0. The van der Waals surface area contributed by atoms with Gasteiger partial charge in [0.05, 0.1) is 19.8 Å². The molecule has 1 fully saturated rings. The van der Waals surface area contributed by atoms with Gasteiger partial charge in [-0.1, -0.05) is 6.08 Å². The van der Waals surface area contributed by atoms with E-state index in [1.54, 1.807) is 6.08 Å². The molecule has 1 unspecified atom stereocenters. The van der Waals surface area contributed by atoms with E-state index in [0.717, 1.165) is 13.2 Å². The van der Waals surface area contributed by atoms with Crippen LogP contribution in [0.1, 0.15) is 0 Å². The van der Waals surface area contributed by atoms with Crippen LogP contribution < -0.4 is 0 Å². The van der Waals surface area contributed by atoms with Crippen LogP contribution >= 0.6 is 0 Å². The lowest BCUT2D eigenvalue weighted by molar-refractivity contribution is 0.141. The molecule has 0 aromatic rings. The van der Waals surface area contributed by atoms with Crippen LogP contribution in [0.15, 0.2) is 25.8 Å². The Bertz CT molecular complexity index is 87.3. The Morgan fingerprint density at radius 3 is 2.60 bits per heavy atom. The van der Waals surface area contributed by atoms with Gasteiger partial charge in [0.1, 0.15) is 6.10 Å². The van der Waals surface area contributed by atoms with Gasteiger partial charge in [-0.3, -0.25) is 0 Å². The van der Waals surface area contributed by atoms with Crippen molar-refractivity contribution in [2.75, 3.05) is 19.8 Å². The lowest BCUT2D eigenvalue weighted by Gasteiger charge is -1.92. The maximum absolute atomic E-state index is 5.06. The fourth-order valence-corrected chi connectivity index (χ4v) is 0.447. The SMILES string of the molecule is C=C.C=CCOCC1CO1. The summed E-state index contributed by atoms with van der Waals surface area (Å²) < 4.78 is 9.96. The van der Waals surface area contributed by atoms with Crippen LogP contribution in [0.25, 0.3) is 0 Å². The van der Waals surface area contributed by atoms with Gasteiger partial charge in [-0.25, -0.2) is 0 Å². The molecule has 0 radical (unpaired) electrons. The second-order valence-corrected chi connectivity index (χ2v) is 1.78. The highest BCUT2D eigenvalue weighted by atomic mass is 16.6. The number of epoxide rings is 1. The van der Waals surface area contributed by atoms with Gasteiger partial charge in [0.25, 0.3) is 0 Å². The van der Waals surface area contributed by atoms with Crippen LogP contribution in [0.2, 0.25) is 0 Å². The molecule has 1 saturated heterocycles. The monoisotopic (exact) mass is 142 g/mol. The Labute approximate surface area is 62.1 Å². The highest BCUT2D eigenvalue weighted by Crippen LogP contribution is 2.07. The minimum Gasteiger partial charge on any atom is -0.375 e. The highest BCUT2D eigenvalue weighted by molar-refractivity contribution is 4.70. The van der Waals surface area contributed by atoms with E-state index in [9.17, 15) is 0 Å². The Morgan fingerprint density at radius 2 is 2.20 bits per heavy atom. The zero-order valence-corrected chi connectivity index (χ0v) is 6.21. The number of rotatable bonds is 4. The van der Waals surface area contributed by atoms with Crippen LogP contribution in [0.3, 0.4) is 0 Å². The molecule has 0 bridgehead atoms. The van der Waals surface area contributed by atoms with Gasteiger partial charge in [0.2, 0.25) is 0 Å². The number of hydrogen-bond acceptors (Lipinski definition) is 2. The average Bonchev–Trinajstić information content (AvgIpc) is 2.77. The Hall–Kier alpha value is -0.600. The van der Waals surface area contributed by atoms with E-state index in [2.05, 4.69) is 19.7 Å². The molecule has 1 heterocycles. The van der Waals surface area contributed by atoms with Crippen LogP contribution in [0.5, 0.6) is 0 Å².